The molecular weight excluding hydrogens is 413 g/mol. The molecule has 1 saturated heterocycles. The van der Waals surface area contributed by atoms with Gasteiger partial charge < -0.3 is 20.9 Å². The molecule has 0 spiro atoms. The molecule has 9 heteroatoms. The molecule has 1 heterocycles. The number of carbonyl (C=O) groups excluding carboxylic acids is 2. The molecule has 1 aliphatic rings. The van der Waals surface area contributed by atoms with Gasteiger partial charge in [0.25, 0.3) is 0 Å². The van der Waals surface area contributed by atoms with Crippen molar-refractivity contribution in [2.24, 2.45) is 0 Å². The highest BCUT2D eigenvalue weighted by atomic mass is 35.5. The minimum Gasteiger partial charge on any atom is -0.337 e. The lowest BCUT2D eigenvalue weighted by atomic mass is 10.3. The summed E-state index contributed by atoms with van der Waals surface area (Å²) >= 11 is 12.1. The monoisotopic (exact) mass is 435 g/mol. The van der Waals surface area contributed by atoms with Gasteiger partial charge in [-0.25, -0.2) is 9.59 Å². The minimum atomic E-state index is -0.296. The van der Waals surface area contributed by atoms with Gasteiger partial charge in [-0.3, -0.25) is 4.90 Å². The third-order valence-electron chi connectivity index (χ3n) is 4.61. The van der Waals surface area contributed by atoms with Gasteiger partial charge in [0.2, 0.25) is 0 Å². The second kappa shape index (κ2) is 10.3. The minimum absolute atomic E-state index is 0.157. The molecule has 3 N–H and O–H groups in total. The Morgan fingerprint density at radius 1 is 0.828 bits per heavy atom. The summed E-state index contributed by atoms with van der Waals surface area (Å²) in [6, 6.07) is 13.8. The molecular formula is C20H23Cl2N5O2. The van der Waals surface area contributed by atoms with E-state index in [0.717, 1.165) is 13.1 Å². The first-order chi connectivity index (χ1) is 14.0. The van der Waals surface area contributed by atoms with Gasteiger partial charge in [-0.2, -0.15) is 0 Å². The van der Waals surface area contributed by atoms with Crippen LogP contribution in [0.1, 0.15) is 0 Å². The number of hydrogen-bond donors (Lipinski definition) is 3. The first kappa shape index (κ1) is 21.2. The zero-order valence-corrected chi connectivity index (χ0v) is 17.3. The summed E-state index contributed by atoms with van der Waals surface area (Å²) < 4.78 is 0. The van der Waals surface area contributed by atoms with Crippen LogP contribution in [0.15, 0.2) is 48.5 Å². The maximum Gasteiger partial charge on any atom is 0.321 e. The molecule has 3 rings (SSSR count). The Morgan fingerprint density at radius 3 is 1.97 bits per heavy atom. The van der Waals surface area contributed by atoms with Gasteiger partial charge in [-0.05, 0) is 24.3 Å². The molecule has 4 amide bonds. The third-order valence-corrected chi connectivity index (χ3v) is 5.27. The highest BCUT2D eigenvalue weighted by Crippen LogP contribution is 2.21. The summed E-state index contributed by atoms with van der Waals surface area (Å²) in [6.45, 7) is 3.91. The van der Waals surface area contributed by atoms with Crippen molar-refractivity contribution in [1.82, 2.24) is 15.1 Å². The second-order valence-electron chi connectivity index (χ2n) is 6.60. The van der Waals surface area contributed by atoms with Crippen LogP contribution in [0, 0.1) is 0 Å². The third kappa shape index (κ3) is 6.25. The number of para-hydroxylation sites is 2. The van der Waals surface area contributed by atoms with E-state index in [9.17, 15) is 9.59 Å². The fourth-order valence-corrected chi connectivity index (χ4v) is 3.35. The van der Waals surface area contributed by atoms with Crippen LogP contribution >= 0.6 is 23.2 Å². The van der Waals surface area contributed by atoms with Crippen molar-refractivity contribution in [1.29, 1.82) is 0 Å². The summed E-state index contributed by atoms with van der Waals surface area (Å²) in [5.74, 6) is 0. The molecule has 29 heavy (non-hydrogen) atoms. The molecule has 0 saturated carbocycles. The number of hydrogen-bond acceptors (Lipinski definition) is 3. The summed E-state index contributed by atoms with van der Waals surface area (Å²) in [5, 5.41) is 9.40. The zero-order chi connectivity index (χ0) is 20.6. The fourth-order valence-electron chi connectivity index (χ4n) is 2.99. The molecule has 0 bridgehead atoms. The maximum atomic E-state index is 12.4. The van der Waals surface area contributed by atoms with Crippen LogP contribution in [0.3, 0.4) is 0 Å². The number of urea groups is 2. The van der Waals surface area contributed by atoms with Gasteiger partial charge in [0.05, 0.1) is 21.4 Å². The Bertz CT molecular complexity index is 854. The van der Waals surface area contributed by atoms with Crippen molar-refractivity contribution < 1.29 is 9.59 Å². The van der Waals surface area contributed by atoms with Crippen molar-refractivity contribution in [3.63, 3.8) is 0 Å². The molecule has 1 fully saturated rings. The molecule has 7 nitrogen and oxygen atoms in total. The van der Waals surface area contributed by atoms with E-state index < -0.39 is 0 Å². The highest BCUT2D eigenvalue weighted by molar-refractivity contribution is 6.34. The molecule has 0 radical (unpaired) electrons. The number of benzene rings is 2. The maximum absolute atomic E-state index is 12.4. The SMILES string of the molecule is O=C(NCCN1CCN(C(=O)Nc2ccccc2Cl)CC1)Nc1ccccc1Cl. The molecule has 1 aliphatic heterocycles. The van der Waals surface area contributed by atoms with Crippen LogP contribution < -0.4 is 16.0 Å². The molecule has 2 aromatic carbocycles. The van der Waals surface area contributed by atoms with Crippen LogP contribution in [-0.4, -0.2) is 61.1 Å². The Hall–Kier alpha value is -2.48. The van der Waals surface area contributed by atoms with Crippen molar-refractivity contribution in [2.75, 3.05) is 49.9 Å². The van der Waals surface area contributed by atoms with Crippen molar-refractivity contribution in [3.8, 4) is 0 Å². The van der Waals surface area contributed by atoms with E-state index >= 15 is 0 Å². The Morgan fingerprint density at radius 2 is 1.38 bits per heavy atom. The smallest absolute Gasteiger partial charge is 0.321 e. The zero-order valence-electron chi connectivity index (χ0n) is 15.8. The van der Waals surface area contributed by atoms with Crippen LogP contribution in [0.25, 0.3) is 0 Å². The molecule has 0 atom stereocenters. The average molecular weight is 436 g/mol. The van der Waals surface area contributed by atoms with E-state index in [-0.39, 0.29) is 12.1 Å². The number of carbonyl (C=O) groups is 2. The van der Waals surface area contributed by atoms with E-state index in [1.807, 2.05) is 18.2 Å². The molecule has 0 aliphatic carbocycles. The van der Waals surface area contributed by atoms with Gasteiger partial charge in [-0.1, -0.05) is 47.5 Å². The summed E-state index contributed by atoms with van der Waals surface area (Å²) in [7, 11) is 0. The number of rotatable bonds is 5. The Labute approximate surface area is 180 Å². The van der Waals surface area contributed by atoms with Gasteiger partial charge >= 0.3 is 12.1 Å². The summed E-state index contributed by atoms with van der Waals surface area (Å²) in [4.78, 5) is 28.3. The first-order valence-corrected chi connectivity index (χ1v) is 10.1. The molecule has 0 unspecified atom stereocenters. The van der Waals surface area contributed by atoms with Gasteiger partial charge in [0.1, 0.15) is 0 Å². The van der Waals surface area contributed by atoms with E-state index in [0.29, 0.717) is 47.6 Å². The Kier molecular flexibility index (Phi) is 7.57. The summed E-state index contributed by atoms with van der Waals surface area (Å²) in [5.41, 5.74) is 1.18. The van der Waals surface area contributed by atoms with Gasteiger partial charge in [0.15, 0.2) is 0 Å². The number of nitrogens with zero attached hydrogens (tertiary/aromatic N) is 2. The first-order valence-electron chi connectivity index (χ1n) is 9.35. The van der Waals surface area contributed by atoms with Gasteiger partial charge in [0, 0.05) is 39.3 Å². The van der Waals surface area contributed by atoms with Crippen LogP contribution in [-0.2, 0) is 0 Å². The largest absolute Gasteiger partial charge is 0.337 e. The Balaban J connectivity index is 1.35. The average Bonchev–Trinajstić information content (AvgIpc) is 2.72. The predicted molar refractivity (Wildman–Crippen MR) is 117 cm³/mol. The standard InChI is InChI=1S/C20H23Cl2N5O2/c21-15-5-1-3-7-17(15)24-19(28)23-9-10-26-11-13-27(14-12-26)20(29)25-18-8-4-2-6-16(18)22/h1-8H,9-14H2,(H,25,29)(H2,23,24,28). The number of anilines is 2. The normalized spacial score (nSPS) is 14.3. The lowest BCUT2D eigenvalue weighted by Gasteiger charge is -2.34. The number of halogens is 2. The molecule has 0 aromatic heterocycles. The van der Waals surface area contributed by atoms with E-state index in [2.05, 4.69) is 20.9 Å². The van der Waals surface area contributed by atoms with Crippen LogP contribution in [0.2, 0.25) is 10.0 Å². The summed E-state index contributed by atoms with van der Waals surface area (Å²) in [6.07, 6.45) is 0. The molecule has 2 aromatic rings. The van der Waals surface area contributed by atoms with Gasteiger partial charge in [-0.15, -0.1) is 0 Å². The van der Waals surface area contributed by atoms with Crippen molar-refractivity contribution >= 4 is 46.6 Å². The van der Waals surface area contributed by atoms with Crippen LogP contribution in [0.5, 0.6) is 0 Å². The van der Waals surface area contributed by atoms with Crippen LogP contribution in [0.4, 0.5) is 21.0 Å². The number of piperazine rings is 1. The van der Waals surface area contributed by atoms with E-state index in [1.54, 1.807) is 35.2 Å². The quantitative estimate of drug-likeness (QED) is 0.664. The predicted octanol–water partition coefficient (Wildman–Crippen LogP) is 3.96. The van der Waals surface area contributed by atoms with Crippen molar-refractivity contribution in [2.45, 2.75) is 0 Å². The van der Waals surface area contributed by atoms with Crippen molar-refractivity contribution in [3.05, 3.63) is 58.6 Å². The fraction of sp³-hybridized carbons (Fsp3) is 0.300. The highest BCUT2D eigenvalue weighted by Gasteiger charge is 2.21. The lowest BCUT2D eigenvalue weighted by Crippen LogP contribution is -2.51. The number of amides is 4. The second-order valence-corrected chi connectivity index (χ2v) is 7.41. The number of nitrogens with one attached hydrogen (secondary N) is 3. The lowest BCUT2D eigenvalue weighted by molar-refractivity contribution is 0.148. The van der Waals surface area contributed by atoms with E-state index in [4.69, 9.17) is 23.2 Å². The molecule has 154 valence electrons. The van der Waals surface area contributed by atoms with E-state index in [1.165, 1.54) is 0 Å². The topological polar surface area (TPSA) is 76.7 Å².